The van der Waals surface area contributed by atoms with Crippen molar-refractivity contribution >= 4 is 23.1 Å². The molecule has 0 spiro atoms. The maximum absolute atomic E-state index is 13.5. The molecular formula is C24H25NO5S. The van der Waals surface area contributed by atoms with Crippen molar-refractivity contribution in [1.29, 1.82) is 0 Å². The smallest absolute Gasteiger partial charge is 0.336 e. The molecule has 2 aromatic rings. The van der Waals surface area contributed by atoms with Crippen LogP contribution in [-0.2, 0) is 14.3 Å². The zero-order chi connectivity index (χ0) is 22.1. The summed E-state index contributed by atoms with van der Waals surface area (Å²) in [5.41, 5.74) is 3.32. The van der Waals surface area contributed by atoms with Crippen LogP contribution in [0.25, 0.3) is 0 Å². The lowest BCUT2D eigenvalue weighted by atomic mass is 9.72. The number of nitrogens with one attached hydrogen (secondary N) is 1. The van der Waals surface area contributed by atoms with Crippen LogP contribution in [0.4, 0.5) is 0 Å². The Bertz CT molecular complexity index is 1080. The summed E-state index contributed by atoms with van der Waals surface area (Å²) in [4.78, 5) is 27.5. The van der Waals surface area contributed by atoms with Crippen LogP contribution in [-0.4, -0.2) is 33.1 Å². The number of esters is 1. The van der Waals surface area contributed by atoms with E-state index in [1.807, 2.05) is 30.5 Å². The number of thiophene rings is 1. The second kappa shape index (κ2) is 8.59. The molecule has 2 aliphatic rings. The third kappa shape index (κ3) is 3.74. The number of hydrogen-bond acceptors (Lipinski definition) is 7. The Labute approximate surface area is 185 Å². The zero-order valence-electron chi connectivity index (χ0n) is 18.0. The molecule has 2 heterocycles. The Balaban J connectivity index is 1.87. The van der Waals surface area contributed by atoms with E-state index in [1.54, 1.807) is 31.6 Å². The third-order valence-electron chi connectivity index (χ3n) is 5.93. The van der Waals surface area contributed by atoms with Gasteiger partial charge < -0.3 is 19.5 Å². The Hall–Kier alpha value is -3.06. The van der Waals surface area contributed by atoms with Crippen molar-refractivity contribution in [1.82, 2.24) is 5.32 Å². The normalized spacial score (nSPS) is 20.8. The van der Waals surface area contributed by atoms with Gasteiger partial charge in [0.25, 0.3) is 0 Å². The second-order valence-corrected chi connectivity index (χ2v) is 8.61. The van der Waals surface area contributed by atoms with Gasteiger partial charge in [-0.2, -0.15) is 0 Å². The molecule has 7 heteroatoms. The lowest BCUT2D eigenvalue weighted by Gasteiger charge is -2.36. The van der Waals surface area contributed by atoms with Crippen molar-refractivity contribution in [3.8, 4) is 11.5 Å². The van der Waals surface area contributed by atoms with Crippen LogP contribution < -0.4 is 14.8 Å². The van der Waals surface area contributed by atoms with E-state index in [2.05, 4.69) is 11.4 Å². The molecule has 0 unspecified atom stereocenters. The lowest BCUT2D eigenvalue weighted by molar-refractivity contribution is -0.136. The highest BCUT2D eigenvalue weighted by molar-refractivity contribution is 7.10. The van der Waals surface area contributed by atoms with E-state index in [4.69, 9.17) is 14.2 Å². The summed E-state index contributed by atoms with van der Waals surface area (Å²) in [5.74, 6) is 0.319. The van der Waals surface area contributed by atoms with E-state index in [0.717, 1.165) is 11.3 Å². The summed E-state index contributed by atoms with van der Waals surface area (Å²) < 4.78 is 16.0. The molecule has 162 valence electrons. The van der Waals surface area contributed by atoms with Gasteiger partial charge in [-0.1, -0.05) is 12.1 Å². The number of ketones is 1. The van der Waals surface area contributed by atoms with Crippen LogP contribution in [0, 0.1) is 0 Å². The van der Waals surface area contributed by atoms with Gasteiger partial charge in [0.05, 0.1) is 32.8 Å². The Morgan fingerprint density at radius 1 is 1.13 bits per heavy atom. The summed E-state index contributed by atoms with van der Waals surface area (Å²) in [5, 5.41) is 5.37. The first-order valence-electron chi connectivity index (χ1n) is 10.1. The van der Waals surface area contributed by atoms with Gasteiger partial charge in [0.15, 0.2) is 5.78 Å². The van der Waals surface area contributed by atoms with Crippen LogP contribution in [0.3, 0.4) is 0 Å². The maximum Gasteiger partial charge on any atom is 0.336 e. The molecule has 0 radical (unpaired) electrons. The third-order valence-corrected chi connectivity index (χ3v) is 6.96. The maximum atomic E-state index is 13.5. The summed E-state index contributed by atoms with van der Waals surface area (Å²) in [6, 6.07) is 9.51. The van der Waals surface area contributed by atoms with Crippen molar-refractivity contribution in [3.05, 3.63) is 68.7 Å². The molecule has 0 fully saturated rings. The van der Waals surface area contributed by atoms with Gasteiger partial charge in [-0.15, -0.1) is 11.3 Å². The van der Waals surface area contributed by atoms with Gasteiger partial charge in [0, 0.05) is 45.8 Å². The molecule has 1 N–H and O–H groups in total. The van der Waals surface area contributed by atoms with Crippen LogP contribution in [0.15, 0.2) is 58.3 Å². The number of hydrogen-bond donors (Lipinski definition) is 1. The van der Waals surface area contributed by atoms with Crippen LogP contribution >= 0.6 is 11.3 Å². The van der Waals surface area contributed by atoms with Crippen molar-refractivity contribution < 1.29 is 23.8 Å². The number of dihydropyridines is 1. The molecule has 0 saturated carbocycles. The largest absolute Gasteiger partial charge is 0.497 e. The number of Topliss-reactive ketones (excluding diaryl/α,β-unsaturated/α-hetero) is 1. The standard InChI is InChI=1S/C24H25NO5S/c1-13-21(24(27)30-4)22(16-8-7-15(28-2)12-19(16)29-3)23-17(25-13)10-14(11-18(23)26)20-6-5-9-31-20/h5-9,12,14,22,25H,10-11H2,1-4H3/t14-,22-/m1/s1. The minimum Gasteiger partial charge on any atom is -0.497 e. The van der Waals surface area contributed by atoms with E-state index in [0.29, 0.717) is 41.2 Å². The highest BCUT2D eigenvalue weighted by Crippen LogP contribution is 2.48. The quantitative estimate of drug-likeness (QED) is 0.701. The first kappa shape index (κ1) is 21.2. The zero-order valence-corrected chi connectivity index (χ0v) is 18.8. The van der Waals surface area contributed by atoms with E-state index < -0.39 is 11.9 Å². The number of methoxy groups -OCH3 is 3. The Morgan fingerprint density at radius 2 is 1.94 bits per heavy atom. The van der Waals surface area contributed by atoms with Crippen molar-refractivity contribution in [2.24, 2.45) is 0 Å². The van der Waals surface area contributed by atoms with E-state index in [1.165, 1.54) is 12.0 Å². The summed E-state index contributed by atoms with van der Waals surface area (Å²) in [7, 11) is 4.50. The van der Waals surface area contributed by atoms with Gasteiger partial charge in [-0.3, -0.25) is 4.79 Å². The number of carbonyl (C=O) groups excluding carboxylic acids is 2. The molecule has 0 saturated heterocycles. The van der Waals surface area contributed by atoms with Crippen molar-refractivity contribution in [3.63, 3.8) is 0 Å². The van der Waals surface area contributed by atoms with Gasteiger partial charge in [0.1, 0.15) is 11.5 Å². The molecule has 1 aliphatic heterocycles. The molecule has 0 amide bonds. The molecule has 1 aliphatic carbocycles. The molecule has 2 atom stereocenters. The van der Waals surface area contributed by atoms with Crippen molar-refractivity contribution in [2.45, 2.75) is 31.6 Å². The Kier molecular flexibility index (Phi) is 5.87. The molecule has 6 nitrogen and oxygen atoms in total. The lowest BCUT2D eigenvalue weighted by Crippen LogP contribution is -2.36. The Morgan fingerprint density at radius 3 is 2.58 bits per heavy atom. The topological polar surface area (TPSA) is 73.9 Å². The van der Waals surface area contributed by atoms with E-state index in [9.17, 15) is 9.59 Å². The number of rotatable bonds is 5. The minimum atomic E-state index is -0.568. The molecule has 1 aromatic heterocycles. The van der Waals surface area contributed by atoms with Crippen LogP contribution in [0.2, 0.25) is 0 Å². The van der Waals surface area contributed by atoms with E-state index >= 15 is 0 Å². The number of benzene rings is 1. The molecule has 1 aromatic carbocycles. The number of ether oxygens (including phenoxy) is 3. The monoisotopic (exact) mass is 439 g/mol. The molecule has 0 bridgehead atoms. The fourth-order valence-corrected chi connectivity index (χ4v) is 5.34. The fraction of sp³-hybridized carbons (Fsp3) is 0.333. The predicted molar refractivity (Wildman–Crippen MR) is 118 cm³/mol. The molecular weight excluding hydrogens is 414 g/mol. The molecule has 4 rings (SSSR count). The van der Waals surface area contributed by atoms with Crippen LogP contribution in [0.5, 0.6) is 11.5 Å². The van der Waals surface area contributed by atoms with Gasteiger partial charge >= 0.3 is 5.97 Å². The summed E-state index contributed by atoms with van der Waals surface area (Å²) in [6.45, 7) is 1.85. The minimum absolute atomic E-state index is 0.0314. The SMILES string of the molecule is COC(=O)C1=C(C)NC2=C(C(=O)C[C@H](c3cccs3)C2)[C@@H]1c1ccc(OC)cc1OC. The highest BCUT2D eigenvalue weighted by atomic mass is 32.1. The molecule has 31 heavy (non-hydrogen) atoms. The number of carbonyl (C=O) groups is 2. The van der Waals surface area contributed by atoms with Crippen LogP contribution in [0.1, 0.15) is 42.0 Å². The van der Waals surface area contributed by atoms with Gasteiger partial charge in [-0.05, 0) is 30.9 Å². The fourth-order valence-electron chi connectivity index (χ4n) is 4.51. The first-order valence-corrected chi connectivity index (χ1v) is 10.9. The predicted octanol–water partition coefficient (Wildman–Crippen LogP) is 4.30. The van der Waals surface area contributed by atoms with Crippen molar-refractivity contribution in [2.75, 3.05) is 21.3 Å². The summed E-state index contributed by atoms with van der Waals surface area (Å²) >= 11 is 1.67. The average Bonchev–Trinajstić information content (AvgIpc) is 3.32. The first-order chi connectivity index (χ1) is 15.0. The highest BCUT2D eigenvalue weighted by Gasteiger charge is 2.42. The van der Waals surface area contributed by atoms with Gasteiger partial charge in [0.2, 0.25) is 0 Å². The average molecular weight is 440 g/mol. The summed E-state index contributed by atoms with van der Waals surface area (Å²) in [6.07, 6.45) is 1.12. The van der Waals surface area contributed by atoms with Gasteiger partial charge in [-0.25, -0.2) is 4.79 Å². The number of allylic oxidation sites excluding steroid dienone is 3. The second-order valence-electron chi connectivity index (χ2n) is 7.63. The van der Waals surface area contributed by atoms with E-state index in [-0.39, 0.29) is 11.7 Å².